The highest BCUT2D eigenvalue weighted by Crippen LogP contribution is 2.24. The molecular weight excluding hydrogens is 244 g/mol. The summed E-state index contributed by atoms with van der Waals surface area (Å²) < 4.78 is 10.5. The summed E-state index contributed by atoms with van der Waals surface area (Å²) in [5.41, 5.74) is 0.905. The number of benzene rings is 1. The molecule has 0 radical (unpaired) electrons. The Balaban J connectivity index is 1.89. The van der Waals surface area contributed by atoms with E-state index in [-0.39, 0.29) is 24.6 Å². The normalized spacial score (nSPS) is 22.8. The number of hydrogen-bond acceptors (Lipinski definition) is 4. The number of aliphatic hydroxyl groups is 1. The molecule has 0 aromatic heterocycles. The predicted molar refractivity (Wildman–Crippen MR) is 71.1 cm³/mol. The molecule has 0 spiro atoms. The second kappa shape index (κ2) is 6.57. The van der Waals surface area contributed by atoms with Crippen LogP contribution in [0.25, 0.3) is 0 Å². The topological polar surface area (TPSA) is 55.8 Å². The summed E-state index contributed by atoms with van der Waals surface area (Å²) in [6.07, 6.45) is 3.70. The lowest BCUT2D eigenvalue weighted by atomic mass is 9.95. The summed E-state index contributed by atoms with van der Waals surface area (Å²) in [5.74, 6) is 0.539. The molecule has 4 nitrogen and oxygen atoms in total. The molecule has 19 heavy (non-hydrogen) atoms. The third-order valence-corrected chi connectivity index (χ3v) is 3.40. The van der Waals surface area contributed by atoms with Gasteiger partial charge in [0.25, 0.3) is 0 Å². The van der Waals surface area contributed by atoms with Gasteiger partial charge in [0.2, 0.25) is 0 Å². The quantitative estimate of drug-likeness (QED) is 0.846. The van der Waals surface area contributed by atoms with Crippen molar-refractivity contribution in [1.82, 2.24) is 0 Å². The maximum atomic E-state index is 11.1. The molecule has 1 aromatic carbocycles. The first-order valence-electron chi connectivity index (χ1n) is 6.68. The van der Waals surface area contributed by atoms with E-state index in [1.165, 1.54) is 7.11 Å². The van der Waals surface area contributed by atoms with Gasteiger partial charge in [0.05, 0.1) is 19.6 Å². The average molecular weight is 264 g/mol. The van der Waals surface area contributed by atoms with Crippen molar-refractivity contribution < 1.29 is 19.4 Å². The molecule has 0 saturated heterocycles. The van der Waals surface area contributed by atoms with Crippen molar-refractivity contribution in [3.63, 3.8) is 0 Å². The fraction of sp³-hybridized carbons (Fsp3) is 0.533. The van der Waals surface area contributed by atoms with Crippen LogP contribution in [-0.4, -0.2) is 30.4 Å². The van der Waals surface area contributed by atoms with Crippen molar-refractivity contribution in [2.24, 2.45) is 0 Å². The van der Waals surface area contributed by atoms with Crippen LogP contribution >= 0.6 is 0 Å². The van der Waals surface area contributed by atoms with Crippen molar-refractivity contribution >= 4 is 5.97 Å². The molecule has 0 heterocycles. The molecule has 1 saturated carbocycles. The van der Waals surface area contributed by atoms with Crippen molar-refractivity contribution in [3.05, 3.63) is 29.8 Å². The molecule has 1 aliphatic carbocycles. The zero-order chi connectivity index (χ0) is 13.7. The number of aliphatic hydroxyl groups excluding tert-OH is 1. The van der Waals surface area contributed by atoms with Crippen molar-refractivity contribution in [2.75, 3.05) is 7.11 Å². The van der Waals surface area contributed by atoms with Crippen LogP contribution in [0.5, 0.6) is 5.75 Å². The van der Waals surface area contributed by atoms with Gasteiger partial charge in [-0.1, -0.05) is 12.1 Å². The van der Waals surface area contributed by atoms with Gasteiger partial charge in [-0.25, -0.2) is 0 Å². The molecule has 104 valence electrons. The Morgan fingerprint density at radius 3 is 2.68 bits per heavy atom. The van der Waals surface area contributed by atoms with E-state index in [0.717, 1.165) is 30.6 Å². The van der Waals surface area contributed by atoms with Crippen molar-refractivity contribution in [2.45, 2.75) is 44.3 Å². The Morgan fingerprint density at radius 1 is 1.32 bits per heavy atom. The Bertz CT molecular complexity index is 413. The Hall–Kier alpha value is -1.55. The minimum absolute atomic E-state index is 0.0928. The first-order valence-corrected chi connectivity index (χ1v) is 6.68. The first kappa shape index (κ1) is 13.9. The highest BCUT2D eigenvalue weighted by atomic mass is 16.5. The van der Waals surface area contributed by atoms with E-state index >= 15 is 0 Å². The summed E-state index contributed by atoms with van der Waals surface area (Å²) in [5, 5.41) is 9.60. The zero-order valence-corrected chi connectivity index (χ0v) is 11.2. The number of carbonyl (C=O) groups is 1. The molecule has 1 N–H and O–H groups in total. The molecular formula is C15H20O4. The van der Waals surface area contributed by atoms with Crippen molar-refractivity contribution in [1.29, 1.82) is 0 Å². The molecule has 0 amide bonds. The van der Waals surface area contributed by atoms with Crippen LogP contribution in [0.4, 0.5) is 0 Å². The van der Waals surface area contributed by atoms with E-state index in [4.69, 9.17) is 4.74 Å². The lowest BCUT2D eigenvalue weighted by Crippen LogP contribution is -2.28. The Kier molecular flexibility index (Phi) is 4.80. The molecule has 2 unspecified atom stereocenters. The van der Waals surface area contributed by atoms with Crippen LogP contribution in [0.1, 0.15) is 31.2 Å². The highest BCUT2D eigenvalue weighted by molar-refractivity contribution is 5.72. The maximum Gasteiger partial charge on any atom is 0.309 e. The number of esters is 1. The Morgan fingerprint density at radius 2 is 2.05 bits per heavy atom. The van der Waals surface area contributed by atoms with Gasteiger partial charge in [0.1, 0.15) is 11.9 Å². The van der Waals surface area contributed by atoms with E-state index in [1.54, 1.807) is 0 Å². The van der Waals surface area contributed by atoms with Gasteiger partial charge in [-0.2, -0.15) is 0 Å². The van der Waals surface area contributed by atoms with Gasteiger partial charge in [-0.3, -0.25) is 4.79 Å². The van der Waals surface area contributed by atoms with E-state index < -0.39 is 0 Å². The molecule has 2 atom stereocenters. The number of carbonyl (C=O) groups excluding carboxylic acids is 1. The average Bonchev–Trinajstić information content (AvgIpc) is 2.41. The van der Waals surface area contributed by atoms with Gasteiger partial charge < -0.3 is 14.6 Å². The number of methoxy groups -OCH3 is 1. The minimum atomic E-state index is -0.246. The van der Waals surface area contributed by atoms with Gasteiger partial charge in [0, 0.05) is 6.42 Å². The largest absolute Gasteiger partial charge is 0.490 e. The van der Waals surface area contributed by atoms with Crippen LogP contribution in [0.15, 0.2) is 24.3 Å². The van der Waals surface area contributed by atoms with Crippen molar-refractivity contribution in [3.8, 4) is 5.75 Å². The molecule has 1 aliphatic rings. The lowest BCUT2D eigenvalue weighted by Gasteiger charge is -2.26. The van der Waals surface area contributed by atoms with E-state index in [9.17, 15) is 9.90 Å². The molecule has 1 aromatic rings. The lowest BCUT2D eigenvalue weighted by molar-refractivity contribution is -0.139. The van der Waals surface area contributed by atoms with Crippen LogP contribution in [0.3, 0.4) is 0 Å². The van der Waals surface area contributed by atoms with E-state index in [1.807, 2.05) is 24.3 Å². The fourth-order valence-corrected chi connectivity index (χ4v) is 2.34. The Labute approximate surface area is 113 Å². The maximum absolute atomic E-state index is 11.1. The van der Waals surface area contributed by atoms with Crippen LogP contribution in [-0.2, 0) is 16.0 Å². The molecule has 0 aliphatic heterocycles. The fourth-order valence-electron chi connectivity index (χ4n) is 2.34. The summed E-state index contributed by atoms with van der Waals surface area (Å²) in [4.78, 5) is 11.1. The van der Waals surface area contributed by atoms with E-state index in [0.29, 0.717) is 6.42 Å². The van der Waals surface area contributed by atoms with E-state index in [2.05, 4.69) is 4.74 Å². The standard InChI is InChI=1S/C15H20O4/c1-18-15(17)9-11-5-7-13(8-6-11)19-14-4-2-3-12(16)10-14/h5-8,12,14,16H,2-4,9-10H2,1H3. The summed E-state index contributed by atoms with van der Waals surface area (Å²) in [6, 6.07) is 7.45. The monoisotopic (exact) mass is 264 g/mol. The summed E-state index contributed by atoms with van der Waals surface area (Å²) >= 11 is 0. The van der Waals surface area contributed by atoms with Gasteiger partial charge in [-0.15, -0.1) is 0 Å². The highest BCUT2D eigenvalue weighted by Gasteiger charge is 2.21. The van der Waals surface area contributed by atoms with Crippen LogP contribution in [0, 0.1) is 0 Å². The third kappa shape index (κ3) is 4.24. The second-order valence-corrected chi connectivity index (χ2v) is 4.96. The molecule has 1 fully saturated rings. The number of ether oxygens (including phenoxy) is 2. The molecule has 2 rings (SSSR count). The number of rotatable bonds is 4. The molecule has 4 heteroatoms. The van der Waals surface area contributed by atoms with Gasteiger partial charge in [0.15, 0.2) is 0 Å². The molecule has 0 bridgehead atoms. The zero-order valence-electron chi connectivity index (χ0n) is 11.2. The summed E-state index contributed by atoms with van der Waals surface area (Å²) in [7, 11) is 1.38. The van der Waals surface area contributed by atoms with Crippen LogP contribution in [0.2, 0.25) is 0 Å². The third-order valence-electron chi connectivity index (χ3n) is 3.40. The number of hydrogen-bond donors (Lipinski definition) is 1. The van der Waals surface area contributed by atoms with Crippen LogP contribution < -0.4 is 4.74 Å². The summed E-state index contributed by atoms with van der Waals surface area (Å²) in [6.45, 7) is 0. The second-order valence-electron chi connectivity index (χ2n) is 4.96. The predicted octanol–water partition coefficient (Wildman–Crippen LogP) is 2.08. The van der Waals surface area contributed by atoms with Gasteiger partial charge in [-0.05, 0) is 37.0 Å². The van der Waals surface area contributed by atoms with Gasteiger partial charge >= 0.3 is 5.97 Å². The smallest absolute Gasteiger partial charge is 0.309 e. The first-order chi connectivity index (χ1) is 9.17. The minimum Gasteiger partial charge on any atom is -0.490 e. The SMILES string of the molecule is COC(=O)Cc1ccc(OC2CCCC(O)C2)cc1.